The molecule has 4 nitrogen and oxygen atoms in total. The van der Waals surface area contributed by atoms with Gasteiger partial charge in [-0.15, -0.1) is 0 Å². The first-order chi connectivity index (χ1) is 12.1. The standard InChI is InChI=1S/C20H17ClN2O2/c1-13(24)8-10-22-11-9-14-4-3-7-17(19(14)22)23-12-15-5-2-6-16(21)18(15)20(23)25/h2-7,9,11H,8,10,12H2,1H3. The Morgan fingerprint density at radius 2 is 1.96 bits per heavy atom. The summed E-state index contributed by atoms with van der Waals surface area (Å²) in [6, 6.07) is 13.5. The lowest BCUT2D eigenvalue weighted by molar-refractivity contribution is -0.117. The maximum atomic E-state index is 12.9. The van der Waals surface area contributed by atoms with E-state index in [1.54, 1.807) is 17.9 Å². The van der Waals surface area contributed by atoms with Crippen molar-refractivity contribution in [3.8, 4) is 0 Å². The maximum Gasteiger partial charge on any atom is 0.260 e. The normalized spacial score (nSPS) is 13.5. The number of halogens is 1. The van der Waals surface area contributed by atoms with Gasteiger partial charge < -0.3 is 9.47 Å². The van der Waals surface area contributed by atoms with E-state index in [2.05, 4.69) is 0 Å². The molecule has 25 heavy (non-hydrogen) atoms. The molecule has 1 aliphatic heterocycles. The van der Waals surface area contributed by atoms with Crippen LogP contribution >= 0.6 is 11.6 Å². The summed E-state index contributed by atoms with van der Waals surface area (Å²) in [5.74, 6) is 0.0724. The van der Waals surface area contributed by atoms with Crippen LogP contribution < -0.4 is 4.90 Å². The zero-order valence-electron chi connectivity index (χ0n) is 13.8. The zero-order valence-corrected chi connectivity index (χ0v) is 14.6. The van der Waals surface area contributed by atoms with Crippen LogP contribution in [0.2, 0.25) is 5.02 Å². The number of benzene rings is 2. The number of nitrogens with zero attached hydrogens (tertiary/aromatic N) is 2. The zero-order chi connectivity index (χ0) is 17.6. The molecule has 0 saturated heterocycles. The van der Waals surface area contributed by atoms with Crippen LogP contribution in [0.15, 0.2) is 48.7 Å². The Kier molecular flexibility index (Phi) is 3.85. The van der Waals surface area contributed by atoms with Crippen LogP contribution in [0.25, 0.3) is 10.9 Å². The van der Waals surface area contributed by atoms with E-state index in [1.165, 1.54) is 0 Å². The highest BCUT2D eigenvalue weighted by atomic mass is 35.5. The Labute approximate surface area is 150 Å². The van der Waals surface area contributed by atoms with Gasteiger partial charge in [-0.1, -0.05) is 35.9 Å². The Balaban J connectivity index is 1.80. The van der Waals surface area contributed by atoms with Crippen LogP contribution in [0.3, 0.4) is 0 Å². The number of aryl methyl sites for hydroxylation is 1. The smallest absolute Gasteiger partial charge is 0.260 e. The lowest BCUT2D eigenvalue weighted by Crippen LogP contribution is -2.24. The molecule has 4 rings (SSSR count). The minimum atomic E-state index is -0.0765. The molecule has 1 aromatic heterocycles. The second-order valence-corrected chi connectivity index (χ2v) is 6.75. The van der Waals surface area contributed by atoms with Gasteiger partial charge in [-0.3, -0.25) is 9.59 Å². The quantitative estimate of drug-likeness (QED) is 0.696. The number of ketones is 1. The highest BCUT2D eigenvalue weighted by Crippen LogP contribution is 2.36. The fourth-order valence-electron chi connectivity index (χ4n) is 3.43. The monoisotopic (exact) mass is 352 g/mol. The number of hydrogen-bond acceptors (Lipinski definition) is 2. The van der Waals surface area contributed by atoms with Gasteiger partial charge >= 0.3 is 0 Å². The Bertz CT molecular complexity index is 1010. The number of aromatic nitrogens is 1. The predicted molar refractivity (Wildman–Crippen MR) is 99.2 cm³/mol. The maximum absolute atomic E-state index is 12.9. The molecule has 0 aliphatic carbocycles. The summed E-state index contributed by atoms with van der Waals surface area (Å²) in [7, 11) is 0. The fourth-order valence-corrected chi connectivity index (χ4v) is 3.71. The Hall–Kier alpha value is -2.59. The second-order valence-electron chi connectivity index (χ2n) is 6.34. The van der Waals surface area contributed by atoms with Gasteiger partial charge in [0.25, 0.3) is 5.91 Å². The number of anilines is 1. The number of carbonyl (C=O) groups is 2. The molecule has 2 heterocycles. The molecule has 5 heteroatoms. The van der Waals surface area contributed by atoms with Crippen molar-refractivity contribution < 1.29 is 9.59 Å². The summed E-state index contributed by atoms with van der Waals surface area (Å²) < 4.78 is 2.05. The van der Waals surface area contributed by atoms with Crippen LogP contribution in [0.4, 0.5) is 5.69 Å². The number of fused-ring (bicyclic) bond motifs is 2. The molecule has 0 N–H and O–H groups in total. The van der Waals surface area contributed by atoms with E-state index in [4.69, 9.17) is 11.6 Å². The van der Waals surface area contributed by atoms with Crippen molar-refractivity contribution >= 4 is 39.9 Å². The summed E-state index contributed by atoms with van der Waals surface area (Å²) in [6.07, 6.45) is 2.44. The largest absolute Gasteiger partial charge is 0.345 e. The van der Waals surface area contributed by atoms with E-state index in [0.29, 0.717) is 30.1 Å². The van der Waals surface area contributed by atoms with Crippen LogP contribution in [0, 0.1) is 0 Å². The molecule has 2 aromatic carbocycles. The lowest BCUT2D eigenvalue weighted by atomic mass is 10.1. The fraction of sp³-hybridized carbons (Fsp3) is 0.200. The molecule has 3 aromatic rings. The number of Topliss-reactive ketones (excluding diaryl/α,β-unsaturated/α-hetero) is 1. The molecule has 0 bridgehead atoms. The Morgan fingerprint density at radius 1 is 1.16 bits per heavy atom. The molecular formula is C20H17ClN2O2. The first kappa shape index (κ1) is 15.9. The third kappa shape index (κ3) is 2.63. The summed E-state index contributed by atoms with van der Waals surface area (Å²) in [6.45, 7) is 2.70. The molecule has 0 radical (unpaired) electrons. The summed E-state index contributed by atoms with van der Waals surface area (Å²) in [4.78, 5) is 26.1. The van der Waals surface area contributed by atoms with Crippen LogP contribution in [-0.4, -0.2) is 16.3 Å². The van der Waals surface area contributed by atoms with Crippen LogP contribution in [-0.2, 0) is 17.9 Å². The molecule has 126 valence electrons. The van der Waals surface area contributed by atoms with Crippen molar-refractivity contribution in [3.05, 3.63) is 64.8 Å². The molecule has 0 atom stereocenters. The van der Waals surface area contributed by atoms with Crippen molar-refractivity contribution in [1.82, 2.24) is 4.57 Å². The molecular weight excluding hydrogens is 336 g/mol. The van der Waals surface area contributed by atoms with Gasteiger partial charge in [0.1, 0.15) is 5.78 Å². The lowest BCUT2D eigenvalue weighted by Gasteiger charge is -2.19. The number of para-hydroxylation sites is 1. The van der Waals surface area contributed by atoms with Gasteiger partial charge in [-0.25, -0.2) is 0 Å². The topological polar surface area (TPSA) is 42.3 Å². The average Bonchev–Trinajstić information content (AvgIpc) is 3.15. The van der Waals surface area contributed by atoms with Crippen molar-refractivity contribution in [1.29, 1.82) is 0 Å². The first-order valence-corrected chi connectivity index (χ1v) is 8.60. The minimum Gasteiger partial charge on any atom is -0.345 e. The first-order valence-electron chi connectivity index (χ1n) is 8.23. The average molecular weight is 353 g/mol. The van der Waals surface area contributed by atoms with Crippen molar-refractivity contribution in [3.63, 3.8) is 0 Å². The summed E-state index contributed by atoms with van der Waals surface area (Å²) in [5.41, 5.74) is 3.35. The van der Waals surface area contributed by atoms with E-state index in [-0.39, 0.29) is 11.7 Å². The van der Waals surface area contributed by atoms with Crippen LogP contribution in [0.1, 0.15) is 29.3 Å². The highest BCUT2D eigenvalue weighted by molar-refractivity contribution is 6.35. The number of amides is 1. The van der Waals surface area contributed by atoms with E-state index >= 15 is 0 Å². The predicted octanol–water partition coefficient (Wildman–Crippen LogP) is 4.43. The third-order valence-electron chi connectivity index (χ3n) is 4.65. The summed E-state index contributed by atoms with van der Waals surface area (Å²) in [5, 5.41) is 1.54. The van der Waals surface area contributed by atoms with Crippen molar-refractivity contribution in [2.24, 2.45) is 0 Å². The van der Waals surface area contributed by atoms with E-state index in [9.17, 15) is 9.59 Å². The van der Waals surface area contributed by atoms with Gasteiger partial charge in [0.15, 0.2) is 0 Å². The van der Waals surface area contributed by atoms with Crippen molar-refractivity contribution in [2.45, 2.75) is 26.4 Å². The van der Waals surface area contributed by atoms with E-state index < -0.39 is 0 Å². The van der Waals surface area contributed by atoms with Gasteiger partial charge in [-0.2, -0.15) is 0 Å². The molecule has 1 amide bonds. The molecule has 0 unspecified atom stereocenters. The van der Waals surface area contributed by atoms with Crippen molar-refractivity contribution in [2.75, 3.05) is 4.90 Å². The van der Waals surface area contributed by atoms with E-state index in [1.807, 2.05) is 47.2 Å². The molecule has 0 fully saturated rings. The van der Waals surface area contributed by atoms with E-state index in [0.717, 1.165) is 22.2 Å². The Morgan fingerprint density at radius 3 is 2.72 bits per heavy atom. The highest BCUT2D eigenvalue weighted by Gasteiger charge is 2.31. The van der Waals surface area contributed by atoms with Gasteiger partial charge in [0.2, 0.25) is 0 Å². The van der Waals surface area contributed by atoms with Gasteiger partial charge in [0.05, 0.1) is 28.3 Å². The minimum absolute atomic E-state index is 0.0765. The van der Waals surface area contributed by atoms with Gasteiger partial charge in [-0.05, 0) is 30.7 Å². The van der Waals surface area contributed by atoms with Gasteiger partial charge in [0, 0.05) is 24.5 Å². The second kappa shape index (κ2) is 6.05. The molecule has 0 spiro atoms. The number of carbonyl (C=O) groups excluding carboxylic acids is 2. The number of hydrogen-bond donors (Lipinski definition) is 0. The van der Waals surface area contributed by atoms with Crippen LogP contribution in [0.5, 0.6) is 0 Å². The molecule has 1 aliphatic rings. The SMILES string of the molecule is CC(=O)CCn1ccc2cccc(N3Cc4cccc(Cl)c4C3=O)c21. The number of rotatable bonds is 4. The molecule has 0 saturated carbocycles. The third-order valence-corrected chi connectivity index (χ3v) is 4.97. The summed E-state index contributed by atoms with van der Waals surface area (Å²) >= 11 is 6.24.